The molecular formula is C17H10ClN2O3S2-. The summed E-state index contributed by atoms with van der Waals surface area (Å²) >= 11 is 12.6. The van der Waals surface area contributed by atoms with Crippen LogP contribution in [0.4, 0.5) is 5.69 Å². The van der Waals surface area contributed by atoms with E-state index >= 15 is 0 Å². The third kappa shape index (κ3) is 3.63. The monoisotopic (exact) mass is 389 g/mol. The molecule has 2 aromatic carbocycles. The van der Waals surface area contributed by atoms with Crippen LogP contribution in [0.2, 0.25) is 5.02 Å². The van der Waals surface area contributed by atoms with Crippen LogP contribution in [0.15, 0.2) is 48.5 Å². The molecule has 1 heterocycles. The normalized spacial score (nSPS) is 10.4. The minimum Gasteiger partial charge on any atom is -0.545 e. The molecule has 0 spiro atoms. The van der Waals surface area contributed by atoms with Gasteiger partial charge in [-0.1, -0.05) is 48.0 Å². The summed E-state index contributed by atoms with van der Waals surface area (Å²) in [5.74, 6) is -1.81. The number of hydrogen-bond acceptors (Lipinski definition) is 5. The summed E-state index contributed by atoms with van der Waals surface area (Å²) in [6, 6.07) is 13.5. The van der Waals surface area contributed by atoms with E-state index in [4.69, 9.17) is 23.8 Å². The van der Waals surface area contributed by atoms with E-state index in [-0.39, 0.29) is 16.4 Å². The van der Waals surface area contributed by atoms with Crippen molar-refractivity contribution in [2.75, 3.05) is 5.32 Å². The van der Waals surface area contributed by atoms with Crippen molar-refractivity contribution in [2.45, 2.75) is 0 Å². The number of carbonyl (C=O) groups excluding carboxylic acids is 2. The minimum atomic E-state index is -1.34. The molecule has 25 heavy (non-hydrogen) atoms. The van der Waals surface area contributed by atoms with Crippen LogP contribution in [-0.2, 0) is 0 Å². The lowest BCUT2D eigenvalue weighted by atomic mass is 10.2. The van der Waals surface area contributed by atoms with Crippen LogP contribution in [0.25, 0.3) is 10.1 Å². The molecule has 3 aromatic rings. The van der Waals surface area contributed by atoms with Gasteiger partial charge in [-0.25, -0.2) is 0 Å². The molecular weight excluding hydrogens is 380 g/mol. The molecule has 0 fully saturated rings. The zero-order chi connectivity index (χ0) is 18.0. The highest BCUT2D eigenvalue weighted by molar-refractivity contribution is 7.80. The number of thiophene rings is 1. The van der Waals surface area contributed by atoms with E-state index in [1.807, 2.05) is 24.3 Å². The van der Waals surface area contributed by atoms with Gasteiger partial charge in [0.15, 0.2) is 5.11 Å². The number of nitrogens with one attached hydrogen (secondary N) is 2. The van der Waals surface area contributed by atoms with Gasteiger partial charge in [0.2, 0.25) is 0 Å². The van der Waals surface area contributed by atoms with Gasteiger partial charge < -0.3 is 15.2 Å². The fourth-order valence-electron chi connectivity index (χ4n) is 2.24. The van der Waals surface area contributed by atoms with Gasteiger partial charge in [-0.3, -0.25) is 10.1 Å². The van der Waals surface area contributed by atoms with Gasteiger partial charge in [-0.2, -0.15) is 0 Å². The highest BCUT2D eigenvalue weighted by Crippen LogP contribution is 2.34. The van der Waals surface area contributed by atoms with Crippen LogP contribution in [0, 0.1) is 0 Å². The Labute approximate surface area is 157 Å². The lowest BCUT2D eigenvalue weighted by molar-refractivity contribution is -0.254. The van der Waals surface area contributed by atoms with Gasteiger partial charge in [-0.15, -0.1) is 11.3 Å². The summed E-state index contributed by atoms with van der Waals surface area (Å²) in [7, 11) is 0. The van der Waals surface area contributed by atoms with Crippen LogP contribution in [0.3, 0.4) is 0 Å². The van der Waals surface area contributed by atoms with E-state index in [1.54, 1.807) is 12.1 Å². The largest absolute Gasteiger partial charge is 0.545 e. The quantitative estimate of drug-likeness (QED) is 0.673. The lowest BCUT2D eigenvalue weighted by Crippen LogP contribution is -2.34. The molecule has 126 valence electrons. The summed E-state index contributed by atoms with van der Waals surface area (Å²) < 4.78 is 0.888. The van der Waals surface area contributed by atoms with Gasteiger partial charge in [-0.05, 0) is 24.4 Å². The third-order valence-electron chi connectivity index (χ3n) is 3.36. The fourth-order valence-corrected chi connectivity index (χ4v) is 3.86. The number of anilines is 1. The number of halogens is 1. The molecule has 0 bridgehead atoms. The van der Waals surface area contributed by atoms with E-state index < -0.39 is 11.9 Å². The molecule has 0 atom stereocenters. The van der Waals surface area contributed by atoms with Crippen molar-refractivity contribution >= 4 is 67.9 Å². The second kappa shape index (κ2) is 7.18. The predicted molar refractivity (Wildman–Crippen MR) is 101 cm³/mol. The van der Waals surface area contributed by atoms with Crippen molar-refractivity contribution < 1.29 is 14.7 Å². The Morgan fingerprint density at radius 2 is 1.76 bits per heavy atom. The van der Waals surface area contributed by atoms with E-state index in [2.05, 4.69) is 10.6 Å². The van der Waals surface area contributed by atoms with Crippen LogP contribution in [-0.4, -0.2) is 17.0 Å². The average molecular weight is 390 g/mol. The first-order valence-corrected chi connectivity index (χ1v) is 8.67. The molecule has 0 aliphatic rings. The van der Waals surface area contributed by atoms with Gasteiger partial charge in [0.25, 0.3) is 5.91 Å². The number of thiocarbonyl (C=S) groups is 1. The summed E-state index contributed by atoms with van der Waals surface area (Å²) in [6.07, 6.45) is 0. The van der Waals surface area contributed by atoms with Crippen molar-refractivity contribution in [3.05, 3.63) is 64.0 Å². The maximum atomic E-state index is 12.4. The summed E-state index contributed by atoms with van der Waals surface area (Å²) in [5, 5.41) is 17.4. The van der Waals surface area contributed by atoms with Gasteiger partial charge in [0.05, 0.1) is 11.0 Å². The number of carboxylic acid groups (broad SMARTS) is 1. The second-order valence-corrected chi connectivity index (χ2v) is 6.82. The number of hydrogen-bond donors (Lipinski definition) is 2. The average Bonchev–Trinajstić information content (AvgIpc) is 2.92. The smallest absolute Gasteiger partial charge is 0.269 e. The topological polar surface area (TPSA) is 81.3 Å². The first-order chi connectivity index (χ1) is 12.0. The van der Waals surface area contributed by atoms with Crippen molar-refractivity contribution in [3.63, 3.8) is 0 Å². The first-order valence-electron chi connectivity index (χ1n) is 7.07. The Hall–Kier alpha value is -2.48. The minimum absolute atomic E-state index is 0.0350. The molecule has 0 radical (unpaired) electrons. The van der Waals surface area contributed by atoms with Crippen molar-refractivity contribution in [1.29, 1.82) is 0 Å². The van der Waals surface area contributed by atoms with E-state index in [0.29, 0.717) is 9.90 Å². The summed E-state index contributed by atoms with van der Waals surface area (Å²) in [4.78, 5) is 23.8. The van der Waals surface area contributed by atoms with E-state index in [0.717, 1.165) is 10.1 Å². The molecule has 1 amide bonds. The van der Waals surface area contributed by atoms with Gasteiger partial charge in [0.1, 0.15) is 4.88 Å². The Bertz CT molecular complexity index is 1000. The fraction of sp³-hybridized carbons (Fsp3) is 0. The molecule has 2 N–H and O–H groups in total. The molecule has 0 saturated carbocycles. The van der Waals surface area contributed by atoms with Crippen LogP contribution in [0.5, 0.6) is 0 Å². The number of aromatic carboxylic acids is 1. The zero-order valence-electron chi connectivity index (χ0n) is 12.5. The highest BCUT2D eigenvalue weighted by atomic mass is 35.5. The maximum absolute atomic E-state index is 12.4. The van der Waals surface area contributed by atoms with Crippen LogP contribution < -0.4 is 15.7 Å². The molecule has 3 rings (SSSR count). The van der Waals surface area contributed by atoms with Crippen LogP contribution in [0.1, 0.15) is 20.0 Å². The Morgan fingerprint density at radius 1 is 1.08 bits per heavy atom. The Balaban J connectivity index is 1.78. The molecule has 0 unspecified atom stereocenters. The molecule has 1 aromatic heterocycles. The second-order valence-electron chi connectivity index (χ2n) is 4.98. The Morgan fingerprint density at radius 3 is 2.48 bits per heavy atom. The number of carboxylic acids is 1. The standard InChI is InChI=1S/C17H11ClN2O3S2/c18-13-10-6-2-4-8-12(10)25-14(13)15(21)20-17(24)19-11-7-3-1-5-9(11)16(22)23/h1-8H,(H,22,23)(H2,19,20,21,24)/p-1. The third-order valence-corrected chi connectivity index (χ3v) is 5.24. The molecule has 0 aliphatic carbocycles. The number of benzene rings is 2. The van der Waals surface area contributed by atoms with Gasteiger partial charge in [0, 0.05) is 21.3 Å². The van der Waals surface area contributed by atoms with E-state index in [1.165, 1.54) is 23.5 Å². The molecule has 8 heteroatoms. The summed E-state index contributed by atoms with van der Waals surface area (Å²) in [6.45, 7) is 0. The highest BCUT2D eigenvalue weighted by Gasteiger charge is 2.18. The zero-order valence-corrected chi connectivity index (χ0v) is 14.9. The van der Waals surface area contributed by atoms with Crippen LogP contribution >= 0.6 is 35.2 Å². The Kier molecular flexibility index (Phi) is 4.98. The van der Waals surface area contributed by atoms with Crippen molar-refractivity contribution in [2.24, 2.45) is 0 Å². The SMILES string of the molecule is O=C([O-])c1ccccc1NC(=S)NC(=O)c1sc2ccccc2c1Cl. The number of fused-ring (bicyclic) bond motifs is 1. The van der Waals surface area contributed by atoms with Crippen molar-refractivity contribution in [3.8, 4) is 0 Å². The molecule has 0 aliphatic heterocycles. The maximum Gasteiger partial charge on any atom is 0.269 e. The first kappa shape index (κ1) is 17.3. The molecule has 5 nitrogen and oxygen atoms in total. The molecule has 0 saturated heterocycles. The van der Waals surface area contributed by atoms with E-state index in [9.17, 15) is 14.7 Å². The lowest BCUT2D eigenvalue weighted by Gasteiger charge is -2.13. The summed E-state index contributed by atoms with van der Waals surface area (Å²) in [5.41, 5.74) is 0.175. The van der Waals surface area contributed by atoms with Gasteiger partial charge >= 0.3 is 0 Å². The number of para-hydroxylation sites is 1. The van der Waals surface area contributed by atoms with Crippen molar-refractivity contribution in [1.82, 2.24) is 5.32 Å². The predicted octanol–water partition coefficient (Wildman–Crippen LogP) is 3.05. The number of rotatable bonds is 3. The number of carbonyl (C=O) groups is 2. The number of amides is 1.